The number of carbonyl (C=O) groups excluding carboxylic acids is 2. The third-order valence-electron chi connectivity index (χ3n) is 3.15. The van der Waals surface area contributed by atoms with E-state index in [0.29, 0.717) is 11.3 Å². The van der Waals surface area contributed by atoms with Crippen LogP contribution in [0.15, 0.2) is 35.9 Å². The van der Waals surface area contributed by atoms with Gasteiger partial charge >= 0.3 is 0 Å². The lowest BCUT2D eigenvalue weighted by molar-refractivity contribution is -0.130. The lowest BCUT2D eigenvalue weighted by atomic mass is 10.1. The van der Waals surface area contributed by atoms with E-state index in [1.54, 1.807) is 49.9 Å². The van der Waals surface area contributed by atoms with Gasteiger partial charge in [-0.05, 0) is 31.2 Å². The Bertz CT molecular complexity index is 735. The van der Waals surface area contributed by atoms with Gasteiger partial charge in [-0.25, -0.2) is 4.98 Å². The smallest absolute Gasteiger partial charge is 0.259 e. The number of nitrogens with zero attached hydrogens (tertiary/aromatic N) is 2. The molecule has 2 aromatic rings. The fourth-order valence-corrected chi connectivity index (χ4v) is 2.43. The topological polar surface area (TPSA) is 59.5 Å². The van der Waals surface area contributed by atoms with Crippen LogP contribution in [-0.4, -0.2) is 42.3 Å². The highest BCUT2D eigenvalue weighted by Gasteiger charge is 2.07. The van der Waals surface area contributed by atoms with E-state index in [2.05, 4.69) is 4.98 Å². The van der Waals surface area contributed by atoms with Crippen molar-refractivity contribution in [1.29, 1.82) is 0 Å². The number of aryl methyl sites for hydroxylation is 1. The minimum absolute atomic E-state index is 0.0550. The van der Waals surface area contributed by atoms with E-state index in [4.69, 9.17) is 4.74 Å². The van der Waals surface area contributed by atoms with Crippen LogP contribution in [0.1, 0.15) is 20.9 Å². The summed E-state index contributed by atoms with van der Waals surface area (Å²) in [7, 11) is 3.33. The van der Waals surface area contributed by atoms with Gasteiger partial charge in [-0.15, -0.1) is 11.3 Å². The van der Waals surface area contributed by atoms with Gasteiger partial charge in [0, 0.05) is 24.5 Å². The molecule has 0 saturated carbocycles. The molecule has 0 aliphatic carbocycles. The zero-order valence-corrected chi connectivity index (χ0v) is 14.1. The maximum atomic E-state index is 12.2. The summed E-state index contributed by atoms with van der Waals surface area (Å²) >= 11 is 1.49. The van der Waals surface area contributed by atoms with Gasteiger partial charge in [-0.2, -0.15) is 0 Å². The molecule has 6 heteroatoms. The number of thiazole rings is 1. The number of allylic oxidation sites excluding steroid dienone is 1. The summed E-state index contributed by atoms with van der Waals surface area (Å²) in [6, 6.07) is 6.80. The Labute approximate surface area is 139 Å². The van der Waals surface area contributed by atoms with E-state index >= 15 is 0 Å². The largest absolute Gasteiger partial charge is 0.484 e. The predicted octanol–water partition coefficient (Wildman–Crippen LogP) is 2.81. The number of rotatable bonds is 6. The van der Waals surface area contributed by atoms with Crippen molar-refractivity contribution in [3.63, 3.8) is 0 Å². The highest BCUT2D eigenvalue weighted by Crippen LogP contribution is 2.17. The molecule has 1 heterocycles. The van der Waals surface area contributed by atoms with Crippen LogP contribution in [0.3, 0.4) is 0 Å². The second kappa shape index (κ2) is 7.69. The van der Waals surface area contributed by atoms with Crippen molar-refractivity contribution in [3.05, 3.63) is 52.0 Å². The number of ketones is 1. The van der Waals surface area contributed by atoms with Gasteiger partial charge in [0.05, 0.1) is 11.2 Å². The molecule has 0 aliphatic heterocycles. The van der Waals surface area contributed by atoms with Crippen molar-refractivity contribution in [2.75, 3.05) is 20.7 Å². The SMILES string of the molecule is Cc1ncsc1C=CC(=O)c1cccc(OCC(=O)N(C)C)c1. The fourth-order valence-electron chi connectivity index (χ4n) is 1.73. The molecule has 0 atom stereocenters. The van der Waals surface area contributed by atoms with E-state index in [9.17, 15) is 9.59 Å². The average Bonchev–Trinajstić information content (AvgIpc) is 2.95. The Morgan fingerprint density at radius 3 is 2.78 bits per heavy atom. The van der Waals surface area contributed by atoms with E-state index in [-0.39, 0.29) is 18.3 Å². The molecule has 0 saturated heterocycles. The Morgan fingerprint density at radius 2 is 2.13 bits per heavy atom. The first-order valence-electron chi connectivity index (χ1n) is 7.03. The lowest BCUT2D eigenvalue weighted by Crippen LogP contribution is -2.27. The van der Waals surface area contributed by atoms with Crippen LogP contribution in [0.2, 0.25) is 0 Å². The molecule has 1 amide bonds. The predicted molar refractivity (Wildman–Crippen MR) is 90.8 cm³/mol. The third-order valence-corrected chi connectivity index (χ3v) is 4.04. The zero-order chi connectivity index (χ0) is 16.8. The van der Waals surface area contributed by atoms with E-state index in [1.165, 1.54) is 22.3 Å². The molecule has 0 bridgehead atoms. The fraction of sp³-hybridized carbons (Fsp3) is 0.235. The van der Waals surface area contributed by atoms with Gasteiger partial charge in [0.15, 0.2) is 12.4 Å². The number of hydrogen-bond donors (Lipinski definition) is 0. The normalized spacial score (nSPS) is 10.7. The van der Waals surface area contributed by atoms with Crippen molar-refractivity contribution in [2.45, 2.75) is 6.92 Å². The lowest BCUT2D eigenvalue weighted by Gasteiger charge is -2.11. The number of carbonyl (C=O) groups is 2. The quantitative estimate of drug-likeness (QED) is 0.604. The van der Waals surface area contributed by atoms with Crippen molar-refractivity contribution in [1.82, 2.24) is 9.88 Å². The summed E-state index contributed by atoms with van der Waals surface area (Å²) in [6.07, 6.45) is 3.28. The molecule has 0 spiro atoms. The Hall–Kier alpha value is -2.47. The highest BCUT2D eigenvalue weighted by atomic mass is 32.1. The molecule has 0 aliphatic rings. The standard InChI is InChI=1S/C17H18N2O3S/c1-12-16(23-11-18-12)8-7-15(20)13-5-4-6-14(9-13)22-10-17(21)19(2)3/h4-9,11H,10H2,1-3H3. The van der Waals surface area contributed by atoms with E-state index in [1.807, 2.05) is 6.92 Å². The summed E-state index contributed by atoms with van der Waals surface area (Å²) in [4.78, 5) is 30.3. The van der Waals surface area contributed by atoms with Crippen LogP contribution < -0.4 is 4.74 Å². The van der Waals surface area contributed by atoms with Crippen LogP contribution >= 0.6 is 11.3 Å². The number of amides is 1. The highest BCUT2D eigenvalue weighted by molar-refractivity contribution is 7.10. The molecule has 1 aromatic heterocycles. The summed E-state index contributed by atoms with van der Waals surface area (Å²) in [5, 5.41) is 0. The van der Waals surface area contributed by atoms with Crippen LogP contribution in [0.4, 0.5) is 0 Å². The molecule has 0 fully saturated rings. The van der Waals surface area contributed by atoms with E-state index < -0.39 is 0 Å². The minimum Gasteiger partial charge on any atom is -0.484 e. The van der Waals surface area contributed by atoms with Gasteiger partial charge in [-0.3, -0.25) is 9.59 Å². The van der Waals surface area contributed by atoms with Crippen LogP contribution in [0, 0.1) is 6.92 Å². The number of benzene rings is 1. The second-order valence-corrected chi connectivity index (χ2v) is 5.99. The number of likely N-dealkylation sites (N-methyl/N-ethyl adjacent to an activating group) is 1. The first-order valence-corrected chi connectivity index (χ1v) is 7.91. The molecular weight excluding hydrogens is 312 g/mol. The third kappa shape index (κ3) is 4.75. The number of ether oxygens (including phenoxy) is 1. The Morgan fingerprint density at radius 1 is 1.35 bits per heavy atom. The molecule has 0 N–H and O–H groups in total. The van der Waals surface area contributed by atoms with Crippen LogP contribution in [0.25, 0.3) is 6.08 Å². The van der Waals surface area contributed by atoms with Crippen molar-refractivity contribution in [3.8, 4) is 5.75 Å². The molecule has 120 valence electrons. The zero-order valence-electron chi connectivity index (χ0n) is 13.3. The monoisotopic (exact) mass is 330 g/mol. The van der Waals surface area contributed by atoms with Crippen LogP contribution in [0.5, 0.6) is 5.75 Å². The summed E-state index contributed by atoms with van der Waals surface area (Å²) in [5.41, 5.74) is 3.16. The van der Waals surface area contributed by atoms with Gasteiger partial charge in [0.1, 0.15) is 5.75 Å². The van der Waals surface area contributed by atoms with Crippen molar-refractivity contribution in [2.24, 2.45) is 0 Å². The Kier molecular flexibility index (Phi) is 5.65. The number of aromatic nitrogens is 1. The molecular formula is C17H18N2O3S. The first-order chi connectivity index (χ1) is 11.0. The van der Waals surface area contributed by atoms with Crippen LogP contribution in [-0.2, 0) is 4.79 Å². The molecule has 2 rings (SSSR count). The van der Waals surface area contributed by atoms with Gasteiger partial charge in [-0.1, -0.05) is 12.1 Å². The molecule has 0 radical (unpaired) electrons. The summed E-state index contributed by atoms with van der Waals surface area (Å²) < 4.78 is 5.41. The maximum Gasteiger partial charge on any atom is 0.259 e. The van der Waals surface area contributed by atoms with Crippen molar-refractivity contribution >= 4 is 29.1 Å². The summed E-state index contributed by atoms with van der Waals surface area (Å²) in [6.45, 7) is 1.84. The summed E-state index contributed by atoms with van der Waals surface area (Å²) in [5.74, 6) is 0.234. The van der Waals surface area contributed by atoms with Gasteiger partial charge < -0.3 is 9.64 Å². The van der Waals surface area contributed by atoms with Gasteiger partial charge in [0.25, 0.3) is 5.91 Å². The van der Waals surface area contributed by atoms with Crippen molar-refractivity contribution < 1.29 is 14.3 Å². The molecule has 23 heavy (non-hydrogen) atoms. The van der Waals surface area contributed by atoms with Gasteiger partial charge in [0.2, 0.25) is 0 Å². The molecule has 5 nitrogen and oxygen atoms in total. The first kappa shape index (κ1) is 16.9. The average molecular weight is 330 g/mol. The number of hydrogen-bond acceptors (Lipinski definition) is 5. The molecule has 1 aromatic carbocycles. The van der Waals surface area contributed by atoms with E-state index in [0.717, 1.165) is 10.6 Å². The molecule has 0 unspecified atom stereocenters. The minimum atomic E-state index is -0.137. The second-order valence-electron chi connectivity index (χ2n) is 5.10. The maximum absolute atomic E-state index is 12.2. The Balaban J connectivity index is 2.04.